The number of benzene rings is 2. The molecule has 0 spiro atoms. The molecule has 0 bridgehead atoms. The van der Waals surface area contributed by atoms with Crippen molar-refractivity contribution in [3.8, 4) is 17.6 Å². The lowest BCUT2D eigenvalue weighted by Crippen LogP contribution is -2.30. The number of halogens is 1. The third kappa shape index (κ3) is 6.57. The molecular weight excluding hydrogens is 467 g/mol. The molecule has 0 heterocycles. The first-order valence-corrected chi connectivity index (χ1v) is 10.1. The maximum absolute atomic E-state index is 12.1. The van der Waals surface area contributed by atoms with Crippen molar-refractivity contribution < 1.29 is 14.3 Å². The molecule has 2 aromatic rings. The summed E-state index contributed by atoms with van der Waals surface area (Å²) < 4.78 is 12.8. The number of hydrogen-bond acceptors (Lipinski definition) is 4. The van der Waals surface area contributed by atoms with Gasteiger partial charge >= 0.3 is 0 Å². The van der Waals surface area contributed by atoms with E-state index in [-0.39, 0.29) is 11.6 Å². The number of hydrogen-bond donors (Lipinski definition) is 1. The largest absolute Gasteiger partial charge is 0.490 e. The van der Waals surface area contributed by atoms with Gasteiger partial charge in [-0.05, 0) is 84.8 Å². The van der Waals surface area contributed by atoms with Crippen LogP contribution in [0.4, 0.5) is 0 Å². The van der Waals surface area contributed by atoms with Crippen molar-refractivity contribution in [1.82, 2.24) is 5.32 Å². The number of nitrogens with zero attached hydrogens (tertiary/aromatic N) is 1. The number of carbonyl (C=O) groups excluding carboxylic acids is 1. The van der Waals surface area contributed by atoms with Gasteiger partial charge in [-0.25, -0.2) is 0 Å². The molecule has 0 radical (unpaired) electrons. The molecule has 1 N–H and O–H groups in total. The number of nitriles is 1. The van der Waals surface area contributed by atoms with Crippen LogP contribution in [-0.2, 0) is 11.4 Å². The molecule has 5 nitrogen and oxygen atoms in total. The van der Waals surface area contributed by atoms with Gasteiger partial charge < -0.3 is 14.8 Å². The second kappa shape index (κ2) is 10.7. The van der Waals surface area contributed by atoms with E-state index in [1.54, 1.807) is 24.3 Å². The summed E-state index contributed by atoms with van der Waals surface area (Å²) >= 11 is 2.26. The molecule has 146 valence electrons. The van der Waals surface area contributed by atoms with Gasteiger partial charge in [0, 0.05) is 9.61 Å². The maximum atomic E-state index is 12.1. The molecule has 0 aliphatic rings. The lowest BCUT2D eigenvalue weighted by Gasteiger charge is -2.13. The third-order valence-corrected chi connectivity index (χ3v) is 4.39. The van der Waals surface area contributed by atoms with Crippen molar-refractivity contribution in [3.63, 3.8) is 0 Å². The van der Waals surface area contributed by atoms with Gasteiger partial charge in [0.05, 0.1) is 6.61 Å². The predicted octanol–water partition coefficient (Wildman–Crippen LogP) is 4.70. The lowest BCUT2D eigenvalue weighted by atomic mass is 10.1. The quantitative estimate of drug-likeness (QED) is 0.331. The highest BCUT2D eigenvalue weighted by Gasteiger charge is 2.12. The fourth-order valence-corrected chi connectivity index (χ4v) is 2.76. The molecule has 1 amide bonds. The van der Waals surface area contributed by atoms with E-state index < -0.39 is 5.91 Å². The summed E-state index contributed by atoms with van der Waals surface area (Å²) in [7, 11) is 0. The van der Waals surface area contributed by atoms with Crippen LogP contribution in [0.1, 0.15) is 31.9 Å². The van der Waals surface area contributed by atoms with E-state index in [1.165, 1.54) is 3.57 Å². The minimum Gasteiger partial charge on any atom is -0.490 e. The molecule has 0 unspecified atom stereocenters. The van der Waals surface area contributed by atoms with Crippen LogP contribution in [0.2, 0.25) is 0 Å². The Morgan fingerprint density at radius 1 is 1.18 bits per heavy atom. The van der Waals surface area contributed by atoms with Crippen LogP contribution >= 0.6 is 22.6 Å². The summed E-state index contributed by atoms with van der Waals surface area (Å²) in [5.74, 6) is 0.792. The monoisotopic (exact) mass is 490 g/mol. The van der Waals surface area contributed by atoms with Gasteiger partial charge in [-0.1, -0.05) is 18.2 Å². The minimum absolute atomic E-state index is 0.0414. The van der Waals surface area contributed by atoms with E-state index in [2.05, 4.69) is 27.9 Å². The second-order valence-electron chi connectivity index (χ2n) is 6.35. The van der Waals surface area contributed by atoms with E-state index in [4.69, 9.17) is 9.47 Å². The molecule has 0 saturated heterocycles. The van der Waals surface area contributed by atoms with Crippen LogP contribution in [0.15, 0.2) is 48.0 Å². The van der Waals surface area contributed by atoms with Crippen LogP contribution in [-0.4, -0.2) is 18.6 Å². The highest BCUT2D eigenvalue weighted by Crippen LogP contribution is 2.30. The zero-order valence-electron chi connectivity index (χ0n) is 16.2. The summed E-state index contributed by atoms with van der Waals surface area (Å²) in [4.78, 5) is 12.1. The van der Waals surface area contributed by atoms with Crippen LogP contribution in [0.3, 0.4) is 0 Å². The molecule has 2 rings (SSSR count). The molecule has 0 aliphatic heterocycles. The fraction of sp³-hybridized carbons (Fsp3) is 0.273. The van der Waals surface area contributed by atoms with Gasteiger partial charge in [0.25, 0.3) is 5.91 Å². The molecule has 0 fully saturated rings. The highest BCUT2D eigenvalue weighted by atomic mass is 127. The molecule has 0 aromatic heterocycles. The maximum Gasteiger partial charge on any atom is 0.262 e. The van der Waals surface area contributed by atoms with Crippen molar-refractivity contribution in [2.24, 2.45) is 0 Å². The predicted molar refractivity (Wildman–Crippen MR) is 118 cm³/mol. The summed E-state index contributed by atoms with van der Waals surface area (Å²) in [5.41, 5.74) is 1.80. The van der Waals surface area contributed by atoms with Crippen LogP contribution in [0, 0.1) is 14.9 Å². The van der Waals surface area contributed by atoms with Gasteiger partial charge in [-0.15, -0.1) is 0 Å². The normalized spacial score (nSPS) is 11.1. The van der Waals surface area contributed by atoms with Crippen LogP contribution in [0.25, 0.3) is 6.08 Å². The number of amides is 1. The van der Waals surface area contributed by atoms with Crippen molar-refractivity contribution in [2.75, 3.05) is 6.61 Å². The first kappa shape index (κ1) is 21.8. The summed E-state index contributed by atoms with van der Waals surface area (Å²) in [6.07, 6.45) is 1.54. The number of ether oxygens (including phenoxy) is 2. The van der Waals surface area contributed by atoms with Gasteiger partial charge in [-0.2, -0.15) is 5.26 Å². The van der Waals surface area contributed by atoms with Gasteiger partial charge in [0.2, 0.25) is 0 Å². The molecule has 0 saturated carbocycles. The Labute approximate surface area is 179 Å². The summed E-state index contributed by atoms with van der Waals surface area (Å²) in [6, 6.07) is 15.4. The Morgan fingerprint density at radius 2 is 1.89 bits per heavy atom. The Morgan fingerprint density at radius 3 is 2.50 bits per heavy atom. The molecule has 6 heteroatoms. The van der Waals surface area contributed by atoms with Gasteiger partial charge in [0.1, 0.15) is 18.2 Å². The smallest absolute Gasteiger partial charge is 0.262 e. The average molecular weight is 490 g/mol. The molecule has 28 heavy (non-hydrogen) atoms. The topological polar surface area (TPSA) is 71.3 Å². The first-order chi connectivity index (χ1) is 13.4. The minimum atomic E-state index is -0.394. The first-order valence-electron chi connectivity index (χ1n) is 8.99. The fourth-order valence-electron chi connectivity index (χ4n) is 2.40. The second-order valence-corrected chi connectivity index (χ2v) is 7.60. The Hall–Kier alpha value is -2.53. The van der Waals surface area contributed by atoms with E-state index in [0.717, 1.165) is 5.56 Å². The Kier molecular flexibility index (Phi) is 8.33. The van der Waals surface area contributed by atoms with E-state index in [1.807, 2.05) is 51.1 Å². The van der Waals surface area contributed by atoms with E-state index >= 15 is 0 Å². The zero-order valence-corrected chi connectivity index (χ0v) is 18.3. The molecule has 0 aliphatic carbocycles. The van der Waals surface area contributed by atoms with Gasteiger partial charge in [0.15, 0.2) is 11.5 Å². The number of rotatable bonds is 8. The molecule has 2 aromatic carbocycles. The van der Waals surface area contributed by atoms with Crippen LogP contribution < -0.4 is 14.8 Å². The zero-order chi connectivity index (χ0) is 20.5. The van der Waals surface area contributed by atoms with E-state index in [0.29, 0.717) is 30.3 Å². The lowest BCUT2D eigenvalue weighted by molar-refractivity contribution is -0.117. The Balaban J connectivity index is 2.21. The third-order valence-electron chi connectivity index (χ3n) is 3.67. The standard InChI is InChI=1S/C22H23IN2O3/c1-4-27-21-12-17(11-18(13-24)22(26)25-15(2)3)7-10-20(21)28-14-16-5-8-19(23)9-6-16/h5-12,15H,4,14H2,1-3H3,(H,25,26)/b18-11-. The van der Waals surface area contributed by atoms with Crippen LogP contribution in [0.5, 0.6) is 11.5 Å². The molecule has 0 atom stereocenters. The van der Waals surface area contributed by atoms with Crippen molar-refractivity contribution in [2.45, 2.75) is 33.4 Å². The van der Waals surface area contributed by atoms with Crippen molar-refractivity contribution >= 4 is 34.6 Å². The number of nitrogens with one attached hydrogen (secondary N) is 1. The Bertz CT molecular complexity index is 884. The molecular formula is C22H23IN2O3. The number of carbonyl (C=O) groups is 1. The van der Waals surface area contributed by atoms with Crippen molar-refractivity contribution in [1.29, 1.82) is 5.26 Å². The van der Waals surface area contributed by atoms with Gasteiger partial charge in [-0.3, -0.25) is 4.79 Å². The SMILES string of the molecule is CCOc1cc(/C=C(/C#N)C(=O)NC(C)C)ccc1OCc1ccc(I)cc1. The summed E-state index contributed by atoms with van der Waals surface area (Å²) in [5, 5.41) is 12.0. The van der Waals surface area contributed by atoms with Crippen molar-refractivity contribution in [3.05, 3.63) is 62.7 Å². The highest BCUT2D eigenvalue weighted by molar-refractivity contribution is 14.1. The summed E-state index contributed by atoms with van der Waals surface area (Å²) in [6.45, 7) is 6.49. The van der Waals surface area contributed by atoms with E-state index in [9.17, 15) is 10.1 Å². The average Bonchev–Trinajstić information content (AvgIpc) is 2.66.